The Morgan fingerprint density at radius 1 is 0.818 bits per heavy atom. The van der Waals surface area contributed by atoms with Gasteiger partial charge in [-0.05, 0) is 60.7 Å². The van der Waals surface area contributed by atoms with Gasteiger partial charge in [-0.1, -0.05) is 83.1 Å². The number of ether oxygens (including phenoxy) is 1. The summed E-state index contributed by atoms with van der Waals surface area (Å²) < 4.78 is 5.32. The summed E-state index contributed by atoms with van der Waals surface area (Å²) in [4.78, 5) is 12.4. The number of phenolic OH excluding ortho intramolecular Hbond substituents is 2. The summed E-state index contributed by atoms with van der Waals surface area (Å²) in [5.74, 6) is 0.145. The molecule has 0 bridgehead atoms. The van der Waals surface area contributed by atoms with Gasteiger partial charge in [-0.2, -0.15) is 0 Å². The monoisotopic (exact) mass is 452 g/mol. The molecule has 0 aliphatic carbocycles. The molecule has 33 heavy (non-hydrogen) atoms. The van der Waals surface area contributed by atoms with E-state index < -0.39 is 5.41 Å². The van der Waals surface area contributed by atoms with Gasteiger partial charge in [-0.3, -0.25) is 4.79 Å². The number of aromatic hydroxyl groups is 2. The fourth-order valence-electron chi connectivity index (χ4n) is 4.11. The van der Waals surface area contributed by atoms with Crippen LogP contribution >= 0.6 is 0 Å². The third-order valence-electron chi connectivity index (χ3n) is 6.36. The molecule has 0 unspecified atom stereocenters. The maximum absolute atomic E-state index is 12.4. The smallest absolute Gasteiger partial charge is 0.310 e. The molecule has 2 aromatic carbocycles. The lowest BCUT2D eigenvalue weighted by molar-refractivity contribution is -0.138. The Balaban J connectivity index is 1.80. The summed E-state index contributed by atoms with van der Waals surface area (Å²) in [6.07, 6.45) is 15.5. The van der Waals surface area contributed by atoms with Crippen LogP contribution in [-0.2, 0) is 14.9 Å². The molecule has 0 saturated heterocycles. The van der Waals surface area contributed by atoms with Gasteiger partial charge in [0.1, 0.15) is 11.5 Å². The number of carbonyl (C=O) groups excluding carboxylic acids is 1. The van der Waals surface area contributed by atoms with Crippen molar-refractivity contribution in [2.75, 3.05) is 0 Å². The third-order valence-corrected chi connectivity index (χ3v) is 6.36. The van der Waals surface area contributed by atoms with E-state index in [2.05, 4.69) is 13.8 Å². The fourth-order valence-corrected chi connectivity index (χ4v) is 4.11. The first-order valence-corrected chi connectivity index (χ1v) is 12.4. The molecule has 4 heteroatoms. The van der Waals surface area contributed by atoms with E-state index >= 15 is 0 Å². The van der Waals surface area contributed by atoms with Gasteiger partial charge >= 0.3 is 5.97 Å². The molecule has 0 fully saturated rings. The SMILES string of the molecule is CCCCCCCCCC/C=C/OC(=O)CCC(C)(c1ccc(O)cc1)c1ccc(O)cc1. The zero-order valence-electron chi connectivity index (χ0n) is 20.3. The van der Waals surface area contributed by atoms with Crippen molar-refractivity contribution in [2.24, 2.45) is 0 Å². The minimum Gasteiger partial charge on any atom is -0.508 e. The van der Waals surface area contributed by atoms with Crippen LogP contribution in [0.1, 0.15) is 95.6 Å². The number of rotatable bonds is 15. The Morgan fingerprint density at radius 2 is 1.30 bits per heavy atom. The van der Waals surface area contributed by atoms with Crippen LogP contribution < -0.4 is 0 Å². The van der Waals surface area contributed by atoms with E-state index in [4.69, 9.17) is 4.74 Å². The molecule has 0 atom stereocenters. The summed E-state index contributed by atoms with van der Waals surface area (Å²) in [5, 5.41) is 19.3. The second kappa shape index (κ2) is 14.4. The van der Waals surface area contributed by atoms with Crippen LogP contribution in [0.4, 0.5) is 0 Å². The van der Waals surface area contributed by atoms with Crippen LogP contribution in [-0.4, -0.2) is 16.2 Å². The highest BCUT2D eigenvalue weighted by Gasteiger charge is 2.30. The van der Waals surface area contributed by atoms with Crippen molar-refractivity contribution in [2.45, 2.75) is 89.9 Å². The number of hydrogen-bond acceptors (Lipinski definition) is 4. The Bertz CT molecular complexity index is 791. The first kappa shape index (κ1) is 26.5. The lowest BCUT2D eigenvalue weighted by Gasteiger charge is -2.31. The van der Waals surface area contributed by atoms with Crippen molar-refractivity contribution in [1.29, 1.82) is 0 Å². The molecular weight excluding hydrogens is 412 g/mol. The first-order valence-electron chi connectivity index (χ1n) is 12.4. The Hall–Kier alpha value is -2.75. The second-order valence-corrected chi connectivity index (χ2v) is 9.05. The maximum Gasteiger partial charge on any atom is 0.310 e. The molecule has 2 N–H and O–H groups in total. The Labute approximate surface area is 199 Å². The van der Waals surface area contributed by atoms with Crippen LogP contribution in [0.25, 0.3) is 0 Å². The normalized spacial score (nSPS) is 11.7. The average molecular weight is 453 g/mol. The van der Waals surface area contributed by atoms with Crippen molar-refractivity contribution in [3.8, 4) is 11.5 Å². The predicted molar refractivity (Wildman–Crippen MR) is 134 cm³/mol. The van der Waals surface area contributed by atoms with E-state index in [0.29, 0.717) is 6.42 Å². The van der Waals surface area contributed by atoms with Crippen LogP contribution in [0, 0.1) is 0 Å². The van der Waals surface area contributed by atoms with Crippen molar-refractivity contribution < 1.29 is 19.7 Å². The van der Waals surface area contributed by atoms with Crippen LogP contribution in [0.3, 0.4) is 0 Å². The Kier molecular flexibility index (Phi) is 11.6. The predicted octanol–water partition coefficient (Wildman–Crippen LogP) is 7.77. The van der Waals surface area contributed by atoms with Crippen LogP contribution in [0.2, 0.25) is 0 Å². The maximum atomic E-state index is 12.4. The first-order chi connectivity index (χ1) is 16.0. The molecule has 0 aliphatic heterocycles. The molecular formula is C29H40O4. The summed E-state index contributed by atoms with van der Waals surface area (Å²) >= 11 is 0. The highest BCUT2D eigenvalue weighted by Crippen LogP contribution is 2.37. The van der Waals surface area contributed by atoms with E-state index in [1.54, 1.807) is 24.3 Å². The molecule has 180 valence electrons. The van der Waals surface area contributed by atoms with Gasteiger partial charge in [-0.15, -0.1) is 0 Å². The zero-order chi connectivity index (χ0) is 23.9. The van der Waals surface area contributed by atoms with Crippen LogP contribution in [0.5, 0.6) is 11.5 Å². The van der Waals surface area contributed by atoms with Crippen molar-refractivity contribution in [3.05, 3.63) is 72.0 Å². The van der Waals surface area contributed by atoms with E-state index in [0.717, 1.165) is 24.0 Å². The average Bonchev–Trinajstić information content (AvgIpc) is 2.82. The summed E-state index contributed by atoms with van der Waals surface area (Å²) in [6, 6.07) is 14.1. The van der Waals surface area contributed by atoms with Gasteiger partial charge in [0.2, 0.25) is 0 Å². The second-order valence-electron chi connectivity index (χ2n) is 9.05. The quantitative estimate of drug-likeness (QED) is 0.164. The lowest BCUT2D eigenvalue weighted by atomic mass is 9.73. The standard InChI is InChI=1S/C29H40O4/c1-3-4-5-6-7-8-9-10-11-12-23-33-28(32)21-22-29(2,24-13-17-26(30)18-14-24)25-15-19-27(31)20-16-25/h12-20,23,30-31H,3-11,21-22H2,1-2H3/b23-12+. The largest absolute Gasteiger partial charge is 0.508 e. The molecule has 0 aliphatic rings. The van der Waals surface area contributed by atoms with Gasteiger partial charge in [0.15, 0.2) is 0 Å². The molecule has 0 amide bonds. The van der Waals surface area contributed by atoms with Gasteiger partial charge in [-0.25, -0.2) is 0 Å². The number of phenols is 2. The van der Waals surface area contributed by atoms with Gasteiger partial charge in [0, 0.05) is 11.8 Å². The van der Waals surface area contributed by atoms with Gasteiger partial charge < -0.3 is 14.9 Å². The van der Waals surface area contributed by atoms with Crippen molar-refractivity contribution >= 4 is 5.97 Å². The number of hydrogen-bond donors (Lipinski definition) is 2. The number of carbonyl (C=O) groups is 1. The third kappa shape index (κ3) is 9.33. The molecule has 0 heterocycles. The van der Waals surface area contributed by atoms with Crippen LogP contribution in [0.15, 0.2) is 60.9 Å². The molecule has 0 saturated carbocycles. The minimum atomic E-state index is -0.457. The topological polar surface area (TPSA) is 66.8 Å². The summed E-state index contributed by atoms with van der Waals surface area (Å²) in [7, 11) is 0. The van der Waals surface area contributed by atoms with E-state index in [9.17, 15) is 15.0 Å². The number of allylic oxidation sites excluding steroid dienone is 1. The van der Waals surface area contributed by atoms with E-state index in [-0.39, 0.29) is 23.9 Å². The number of unbranched alkanes of at least 4 members (excludes halogenated alkanes) is 8. The van der Waals surface area contributed by atoms with E-state index in [1.165, 1.54) is 51.2 Å². The summed E-state index contributed by atoms with van der Waals surface area (Å²) in [5.41, 5.74) is 1.52. The molecule has 2 rings (SSSR count). The zero-order valence-corrected chi connectivity index (χ0v) is 20.3. The fraction of sp³-hybridized carbons (Fsp3) is 0.483. The highest BCUT2D eigenvalue weighted by molar-refractivity contribution is 5.70. The van der Waals surface area contributed by atoms with Gasteiger partial charge in [0.25, 0.3) is 0 Å². The molecule has 2 aromatic rings. The minimum absolute atomic E-state index is 0.202. The lowest BCUT2D eigenvalue weighted by Crippen LogP contribution is -2.25. The molecule has 4 nitrogen and oxygen atoms in total. The number of esters is 1. The summed E-state index contributed by atoms with van der Waals surface area (Å²) in [6.45, 7) is 4.31. The molecule has 0 spiro atoms. The Morgan fingerprint density at radius 3 is 1.82 bits per heavy atom. The van der Waals surface area contributed by atoms with E-state index in [1.807, 2.05) is 30.3 Å². The van der Waals surface area contributed by atoms with Crippen molar-refractivity contribution in [3.63, 3.8) is 0 Å². The molecule has 0 aromatic heterocycles. The molecule has 0 radical (unpaired) electrons. The highest BCUT2D eigenvalue weighted by atomic mass is 16.5. The van der Waals surface area contributed by atoms with Crippen molar-refractivity contribution in [1.82, 2.24) is 0 Å². The number of benzene rings is 2. The van der Waals surface area contributed by atoms with Gasteiger partial charge in [0.05, 0.1) is 6.26 Å².